The predicted molar refractivity (Wildman–Crippen MR) is 66.0 cm³/mol. The fraction of sp³-hybridized carbons (Fsp3) is 0.667. The average Bonchev–Trinajstić information content (AvgIpc) is 2.34. The van der Waals surface area contributed by atoms with Gasteiger partial charge in [0.1, 0.15) is 18.7 Å². The molecule has 1 aliphatic rings. The van der Waals surface area contributed by atoms with Gasteiger partial charge in [0.15, 0.2) is 0 Å². The number of hydrogen-bond acceptors (Lipinski definition) is 4. The van der Waals surface area contributed by atoms with Crippen LogP contribution in [0.25, 0.3) is 0 Å². The first-order valence-electron chi connectivity index (χ1n) is 6.25. The smallest absolute Gasteiger partial charge is 0.345 e. The van der Waals surface area contributed by atoms with E-state index in [2.05, 4.69) is 15.3 Å². The molecule has 1 aliphatic heterocycles. The Morgan fingerprint density at radius 1 is 1.37 bits per heavy atom. The van der Waals surface area contributed by atoms with Crippen LogP contribution in [0.3, 0.4) is 0 Å². The van der Waals surface area contributed by atoms with Gasteiger partial charge in [-0.3, -0.25) is 0 Å². The van der Waals surface area contributed by atoms with Gasteiger partial charge in [0.05, 0.1) is 5.69 Å². The summed E-state index contributed by atoms with van der Waals surface area (Å²) in [6.45, 7) is 3.79. The molecule has 0 saturated heterocycles. The van der Waals surface area contributed by atoms with Gasteiger partial charge in [-0.25, -0.2) is 9.97 Å². The molecule has 2 heterocycles. The largest absolute Gasteiger partial charge is 0.405 e. The molecule has 0 aliphatic carbocycles. The van der Waals surface area contributed by atoms with E-state index in [1.807, 2.05) is 0 Å². The van der Waals surface area contributed by atoms with Crippen LogP contribution < -0.4 is 10.2 Å². The molecule has 106 valence electrons. The van der Waals surface area contributed by atoms with E-state index in [4.69, 9.17) is 0 Å². The molecule has 0 radical (unpaired) electrons. The zero-order chi connectivity index (χ0) is 14.0. The minimum absolute atomic E-state index is 0.275. The minimum atomic E-state index is -4.25. The minimum Gasteiger partial charge on any atom is -0.345 e. The number of anilines is 1. The highest BCUT2D eigenvalue weighted by molar-refractivity contribution is 5.50. The maximum absolute atomic E-state index is 12.7. The van der Waals surface area contributed by atoms with E-state index >= 15 is 0 Å². The van der Waals surface area contributed by atoms with Crippen LogP contribution in [-0.2, 0) is 13.0 Å². The average molecular weight is 274 g/mol. The molecule has 7 heteroatoms. The van der Waals surface area contributed by atoms with E-state index in [1.54, 1.807) is 13.8 Å². The van der Waals surface area contributed by atoms with Crippen molar-refractivity contribution in [2.45, 2.75) is 39.0 Å². The van der Waals surface area contributed by atoms with Crippen LogP contribution >= 0.6 is 0 Å². The molecule has 0 aromatic carbocycles. The molecule has 1 N–H and O–H groups in total. The molecule has 0 spiro atoms. The topological polar surface area (TPSA) is 41.1 Å². The van der Waals surface area contributed by atoms with Crippen molar-refractivity contribution < 1.29 is 13.2 Å². The lowest BCUT2D eigenvalue weighted by molar-refractivity contribution is -0.120. The Morgan fingerprint density at radius 2 is 2.11 bits per heavy atom. The van der Waals surface area contributed by atoms with Gasteiger partial charge in [0.25, 0.3) is 0 Å². The molecule has 2 rings (SSSR count). The molecular formula is C12H17F3N4. The van der Waals surface area contributed by atoms with Crippen LogP contribution in [0.4, 0.5) is 19.0 Å². The number of hydrogen-bond donors (Lipinski definition) is 1. The number of halogens is 3. The molecule has 1 aromatic heterocycles. The summed E-state index contributed by atoms with van der Waals surface area (Å²) in [7, 11) is 0. The summed E-state index contributed by atoms with van der Waals surface area (Å²) in [6.07, 6.45) is -2.17. The van der Waals surface area contributed by atoms with Gasteiger partial charge in [-0.2, -0.15) is 13.2 Å². The Bertz CT molecular complexity index is 445. The molecule has 0 unspecified atom stereocenters. The Balaban J connectivity index is 2.37. The summed E-state index contributed by atoms with van der Waals surface area (Å²) in [6, 6.07) is -0.275. The Hall–Kier alpha value is -1.37. The van der Waals surface area contributed by atoms with Crippen LogP contribution in [0.1, 0.15) is 25.1 Å². The standard InChI is InChI=1S/C12H17F3N4/c1-8(2)19(6-12(13,14)15)11-9-5-16-4-3-10(9)17-7-18-11/h7-8,16H,3-6H2,1-2H3. The summed E-state index contributed by atoms with van der Waals surface area (Å²) in [4.78, 5) is 9.52. The summed E-state index contributed by atoms with van der Waals surface area (Å²) in [5.41, 5.74) is 1.63. The summed E-state index contributed by atoms with van der Waals surface area (Å²) in [5, 5.41) is 3.15. The molecule has 0 amide bonds. The molecule has 0 fully saturated rings. The Kier molecular flexibility index (Phi) is 3.93. The van der Waals surface area contributed by atoms with E-state index < -0.39 is 12.7 Å². The van der Waals surface area contributed by atoms with Crippen molar-refractivity contribution in [3.8, 4) is 0 Å². The summed E-state index contributed by atoms with van der Waals surface area (Å²) >= 11 is 0. The second-order valence-corrected chi connectivity index (χ2v) is 4.89. The van der Waals surface area contributed by atoms with Crippen molar-refractivity contribution in [1.29, 1.82) is 0 Å². The second-order valence-electron chi connectivity index (χ2n) is 4.89. The van der Waals surface area contributed by atoms with Crippen molar-refractivity contribution in [2.24, 2.45) is 0 Å². The van der Waals surface area contributed by atoms with Crippen molar-refractivity contribution in [1.82, 2.24) is 15.3 Å². The van der Waals surface area contributed by atoms with Crippen LogP contribution in [-0.4, -0.2) is 35.3 Å². The van der Waals surface area contributed by atoms with Gasteiger partial charge in [0, 0.05) is 31.1 Å². The van der Waals surface area contributed by atoms with Gasteiger partial charge in [-0.1, -0.05) is 0 Å². The van der Waals surface area contributed by atoms with Gasteiger partial charge in [0.2, 0.25) is 0 Å². The highest BCUT2D eigenvalue weighted by Gasteiger charge is 2.34. The second kappa shape index (κ2) is 5.32. The lowest BCUT2D eigenvalue weighted by atomic mass is 10.1. The highest BCUT2D eigenvalue weighted by Crippen LogP contribution is 2.27. The molecule has 19 heavy (non-hydrogen) atoms. The summed E-state index contributed by atoms with van der Waals surface area (Å²) < 4.78 is 38.0. The van der Waals surface area contributed by atoms with Gasteiger partial charge in [-0.05, 0) is 13.8 Å². The van der Waals surface area contributed by atoms with E-state index in [0.29, 0.717) is 12.4 Å². The molecule has 4 nitrogen and oxygen atoms in total. The SMILES string of the molecule is CC(C)N(CC(F)(F)F)c1ncnc2c1CNCC2. The monoisotopic (exact) mass is 274 g/mol. The van der Waals surface area contributed by atoms with Crippen LogP contribution in [0.2, 0.25) is 0 Å². The van der Waals surface area contributed by atoms with Gasteiger partial charge >= 0.3 is 6.18 Å². The lowest BCUT2D eigenvalue weighted by Gasteiger charge is -2.31. The quantitative estimate of drug-likeness (QED) is 0.914. The normalized spacial score (nSPS) is 15.5. The van der Waals surface area contributed by atoms with Gasteiger partial charge in [-0.15, -0.1) is 0 Å². The van der Waals surface area contributed by atoms with Crippen LogP contribution in [0.15, 0.2) is 6.33 Å². The number of alkyl halides is 3. The maximum Gasteiger partial charge on any atom is 0.405 e. The van der Waals surface area contributed by atoms with E-state index in [1.165, 1.54) is 11.2 Å². The van der Waals surface area contributed by atoms with E-state index in [-0.39, 0.29) is 6.04 Å². The first-order valence-corrected chi connectivity index (χ1v) is 6.25. The fourth-order valence-corrected chi connectivity index (χ4v) is 2.20. The number of fused-ring (bicyclic) bond motifs is 1. The van der Waals surface area contributed by atoms with Crippen LogP contribution in [0, 0.1) is 0 Å². The third-order valence-electron chi connectivity index (χ3n) is 3.10. The lowest BCUT2D eigenvalue weighted by Crippen LogP contribution is -2.41. The van der Waals surface area contributed by atoms with Crippen molar-refractivity contribution in [3.05, 3.63) is 17.6 Å². The molecule has 0 saturated carbocycles. The number of nitrogens with zero attached hydrogens (tertiary/aromatic N) is 3. The maximum atomic E-state index is 12.7. The van der Waals surface area contributed by atoms with E-state index in [0.717, 1.165) is 24.2 Å². The third kappa shape index (κ3) is 3.34. The van der Waals surface area contributed by atoms with Crippen molar-refractivity contribution in [3.63, 3.8) is 0 Å². The fourth-order valence-electron chi connectivity index (χ4n) is 2.20. The Labute approximate surface area is 110 Å². The third-order valence-corrected chi connectivity index (χ3v) is 3.10. The van der Waals surface area contributed by atoms with Crippen molar-refractivity contribution >= 4 is 5.82 Å². The predicted octanol–water partition coefficient (Wildman–Crippen LogP) is 1.90. The molecular weight excluding hydrogens is 257 g/mol. The summed E-state index contributed by atoms with van der Waals surface area (Å²) in [5.74, 6) is 0.393. The zero-order valence-electron chi connectivity index (χ0n) is 11.0. The molecule has 0 atom stereocenters. The zero-order valence-corrected chi connectivity index (χ0v) is 11.0. The number of rotatable bonds is 3. The van der Waals surface area contributed by atoms with E-state index in [9.17, 15) is 13.2 Å². The first-order chi connectivity index (χ1) is 8.88. The number of aromatic nitrogens is 2. The molecule has 0 bridgehead atoms. The van der Waals surface area contributed by atoms with Crippen LogP contribution in [0.5, 0.6) is 0 Å². The molecule has 1 aromatic rings. The highest BCUT2D eigenvalue weighted by atomic mass is 19.4. The number of nitrogens with one attached hydrogen (secondary N) is 1. The first kappa shape index (κ1) is 14.0. The Morgan fingerprint density at radius 3 is 2.74 bits per heavy atom. The van der Waals surface area contributed by atoms with Gasteiger partial charge < -0.3 is 10.2 Å². The van der Waals surface area contributed by atoms with Crippen molar-refractivity contribution in [2.75, 3.05) is 18.0 Å².